The summed E-state index contributed by atoms with van der Waals surface area (Å²) in [6.07, 6.45) is 1.27. The Bertz CT molecular complexity index is 1220. The fraction of sp³-hybridized carbons (Fsp3) is 0.100. The van der Waals surface area contributed by atoms with Crippen molar-refractivity contribution in [1.29, 1.82) is 0 Å². The molecule has 3 aromatic rings. The fourth-order valence-corrected chi connectivity index (χ4v) is 4.16. The third kappa shape index (κ3) is 4.87. The lowest BCUT2D eigenvalue weighted by atomic mass is 10.2. The minimum Gasteiger partial charge on any atom is -0.310 e. The van der Waals surface area contributed by atoms with Gasteiger partial charge >= 0.3 is 0 Å². The SMILES string of the molecule is Cc1cc(S(=O)(=O)Nc2cc(Cl)cnc2C(=O)N(C)c2ccc(Cl)cc2)ccc1Cl. The van der Waals surface area contributed by atoms with E-state index < -0.39 is 15.9 Å². The van der Waals surface area contributed by atoms with Crippen LogP contribution in [-0.4, -0.2) is 26.4 Å². The van der Waals surface area contributed by atoms with Gasteiger partial charge in [0.15, 0.2) is 5.69 Å². The van der Waals surface area contributed by atoms with Crippen LogP contribution in [0.4, 0.5) is 11.4 Å². The molecule has 0 aliphatic heterocycles. The number of nitrogens with zero attached hydrogens (tertiary/aromatic N) is 2. The van der Waals surface area contributed by atoms with Crippen LogP contribution in [-0.2, 0) is 10.0 Å². The van der Waals surface area contributed by atoms with E-state index in [1.54, 1.807) is 38.2 Å². The van der Waals surface area contributed by atoms with Gasteiger partial charge in [-0.05, 0) is 61.0 Å². The predicted molar refractivity (Wildman–Crippen MR) is 120 cm³/mol. The molecule has 156 valence electrons. The summed E-state index contributed by atoms with van der Waals surface area (Å²) >= 11 is 17.9. The Kier molecular flexibility index (Phi) is 6.57. The van der Waals surface area contributed by atoms with E-state index in [1.807, 2.05) is 0 Å². The second-order valence-electron chi connectivity index (χ2n) is 6.41. The standard InChI is InChI=1S/C20H16Cl3N3O3S/c1-12-9-16(7-8-17(12)23)30(28,29)25-18-10-14(22)11-24-19(18)20(27)26(2)15-5-3-13(21)4-6-15/h3-11,25H,1-2H3. The number of hydrogen-bond acceptors (Lipinski definition) is 4. The first-order valence-corrected chi connectivity index (χ1v) is 11.2. The van der Waals surface area contributed by atoms with Crippen LogP contribution in [0.3, 0.4) is 0 Å². The lowest BCUT2D eigenvalue weighted by Gasteiger charge is -2.19. The first-order valence-electron chi connectivity index (χ1n) is 8.56. The fourth-order valence-electron chi connectivity index (χ4n) is 2.62. The van der Waals surface area contributed by atoms with Crippen LogP contribution in [0, 0.1) is 6.92 Å². The molecule has 30 heavy (non-hydrogen) atoms. The number of carbonyl (C=O) groups excluding carboxylic acids is 1. The Labute approximate surface area is 189 Å². The van der Waals surface area contributed by atoms with Gasteiger partial charge in [0.2, 0.25) is 0 Å². The summed E-state index contributed by atoms with van der Waals surface area (Å²) in [7, 11) is -2.47. The second kappa shape index (κ2) is 8.81. The van der Waals surface area contributed by atoms with Gasteiger partial charge in [-0.25, -0.2) is 13.4 Å². The Morgan fingerprint density at radius 2 is 1.67 bits per heavy atom. The van der Waals surface area contributed by atoms with Crippen molar-refractivity contribution in [3.63, 3.8) is 0 Å². The molecule has 1 amide bonds. The number of halogens is 3. The van der Waals surface area contributed by atoms with Gasteiger partial charge in [0.05, 0.1) is 15.6 Å². The van der Waals surface area contributed by atoms with Gasteiger partial charge in [-0.2, -0.15) is 0 Å². The summed E-state index contributed by atoms with van der Waals surface area (Å²) in [6, 6.07) is 12.2. The minimum atomic E-state index is -4.02. The molecule has 0 saturated heterocycles. The number of benzene rings is 2. The first kappa shape index (κ1) is 22.4. The van der Waals surface area contributed by atoms with E-state index in [4.69, 9.17) is 34.8 Å². The highest BCUT2D eigenvalue weighted by Gasteiger charge is 2.23. The van der Waals surface area contributed by atoms with E-state index in [0.29, 0.717) is 21.3 Å². The average Bonchev–Trinajstić information content (AvgIpc) is 2.69. The van der Waals surface area contributed by atoms with Crippen molar-refractivity contribution in [1.82, 2.24) is 4.98 Å². The molecule has 0 aliphatic carbocycles. The number of amides is 1. The average molecular weight is 485 g/mol. The number of sulfonamides is 1. The Morgan fingerprint density at radius 3 is 2.30 bits per heavy atom. The van der Waals surface area contributed by atoms with E-state index in [-0.39, 0.29) is 21.3 Å². The van der Waals surface area contributed by atoms with Gasteiger partial charge in [-0.15, -0.1) is 0 Å². The van der Waals surface area contributed by atoms with Crippen molar-refractivity contribution in [2.24, 2.45) is 0 Å². The molecule has 1 aromatic heterocycles. The third-order valence-electron chi connectivity index (χ3n) is 4.26. The number of hydrogen-bond donors (Lipinski definition) is 1. The Hall–Kier alpha value is -2.32. The first-order chi connectivity index (χ1) is 14.1. The molecule has 0 saturated carbocycles. The van der Waals surface area contributed by atoms with Gasteiger partial charge in [0.25, 0.3) is 15.9 Å². The quantitative estimate of drug-likeness (QED) is 0.524. The van der Waals surface area contributed by atoms with Gasteiger partial charge in [0.1, 0.15) is 0 Å². The number of pyridine rings is 1. The van der Waals surface area contributed by atoms with Gasteiger partial charge < -0.3 is 4.90 Å². The lowest BCUT2D eigenvalue weighted by Crippen LogP contribution is -2.28. The monoisotopic (exact) mass is 483 g/mol. The maximum Gasteiger partial charge on any atom is 0.278 e. The number of anilines is 2. The summed E-state index contributed by atoms with van der Waals surface area (Å²) in [4.78, 5) is 18.4. The number of aryl methyl sites for hydroxylation is 1. The van der Waals surface area contributed by atoms with Crippen LogP contribution in [0.25, 0.3) is 0 Å². The molecule has 0 radical (unpaired) electrons. The summed E-state index contributed by atoms with van der Waals surface area (Å²) in [5.74, 6) is -0.529. The molecule has 10 heteroatoms. The molecule has 0 unspecified atom stereocenters. The summed E-state index contributed by atoms with van der Waals surface area (Å²) in [5.41, 5.74) is 1.01. The Morgan fingerprint density at radius 1 is 1.00 bits per heavy atom. The lowest BCUT2D eigenvalue weighted by molar-refractivity contribution is 0.0989. The summed E-state index contributed by atoms with van der Waals surface area (Å²) in [6.45, 7) is 1.69. The van der Waals surface area contributed by atoms with Crippen LogP contribution >= 0.6 is 34.8 Å². The molecule has 0 bridgehead atoms. The minimum absolute atomic E-state index is 0.00571. The zero-order valence-corrected chi connectivity index (χ0v) is 18.9. The zero-order chi connectivity index (χ0) is 22.1. The largest absolute Gasteiger partial charge is 0.310 e. The number of nitrogens with one attached hydrogen (secondary N) is 1. The van der Waals surface area contributed by atoms with E-state index in [9.17, 15) is 13.2 Å². The number of rotatable bonds is 5. The second-order valence-corrected chi connectivity index (χ2v) is 9.37. The van der Waals surface area contributed by atoms with Crippen molar-refractivity contribution in [3.8, 4) is 0 Å². The predicted octanol–water partition coefficient (Wildman–Crippen LogP) is 5.43. The molecule has 0 atom stereocenters. The molecule has 6 nitrogen and oxygen atoms in total. The number of aromatic nitrogens is 1. The van der Waals surface area contributed by atoms with Crippen molar-refractivity contribution in [3.05, 3.63) is 81.1 Å². The third-order valence-corrected chi connectivity index (χ3v) is 6.51. The molecule has 0 fully saturated rings. The zero-order valence-electron chi connectivity index (χ0n) is 15.9. The molecule has 1 heterocycles. The molecule has 0 spiro atoms. The molecule has 2 aromatic carbocycles. The molecule has 3 rings (SSSR count). The highest BCUT2D eigenvalue weighted by molar-refractivity contribution is 7.92. The van der Waals surface area contributed by atoms with Crippen LogP contribution in [0.1, 0.15) is 16.1 Å². The Balaban J connectivity index is 1.98. The van der Waals surface area contributed by atoms with E-state index >= 15 is 0 Å². The normalized spacial score (nSPS) is 11.2. The van der Waals surface area contributed by atoms with Crippen LogP contribution < -0.4 is 9.62 Å². The van der Waals surface area contributed by atoms with Crippen molar-refractivity contribution in [2.45, 2.75) is 11.8 Å². The summed E-state index contributed by atoms with van der Waals surface area (Å²) in [5, 5.41) is 1.14. The molecular formula is C20H16Cl3N3O3S. The molecule has 0 aliphatic rings. The number of carbonyl (C=O) groups is 1. The van der Waals surface area contributed by atoms with Crippen molar-refractivity contribution < 1.29 is 13.2 Å². The van der Waals surface area contributed by atoms with E-state index in [2.05, 4.69) is 9.71 Å². The molecular weight excluding hydrogens is 469 g/mol. The molecule has 1 N–H and O–H groups in total. The van der Waals surface area contributed by atoms with E-state index in [1.165, 1.54) is 35.4 Å². The van der Waals surface area contributed by atoms with Crippen LogP contribution in [0.5, 0.6) is 0 Å². The maximum atomic E-state index is 13.0. The van der Waals surface area contributed by atoms with E-state index in [0.717, 1.165) is 0 Å². The highest BCUT2D eigenvalue weighted by Crippen LogP contribution is 2.27. The summed E-state index contributed by atoms with van der Waals surface area (Å²) < 4.78 is 28.1. The van der Waals surface area contributed by atoms with Crippen molar-refractivity contribution >= 4 is 62.1 Å². The van der Waals surface area contributed by atoms with Gasteiger partial charge in [0, 0.05) is 29.0 Å². The van der Waals surface area contributed by atoms with Crippen molar-refractivity contribution in [2.75, 3.05) is 16.7 Å². The maximum absolute atomic E-state index is 13.0. The van der Waals surface area contributed by atoms with Gasteiger partial charge in [-0.3, -0.25) is 9.52 Å². The van der Waals surface area contributed by atoms with Crippen LogP contribution in [0.15, 0.2) is 59.6 Å². The smallest absolute Gasteiger partial charge is 0.278 e. The topological polar surface area (TPSA) is 79.4 Å². The highest BCUT2D eigenvalue weighted by atomic mass is 35.5. The van der Waals surface area contributed by atoms with Gasteiger partial charge in [-0.1, -0.05) is 34.8 Å². The van der Waals surface area contributed by atoms with Crippen LogP contribution in [0.2, 0.25) is 15.1 Å².